The van der Waals surface area contributed by atoms with Crippen LogP contribution in [-0.2, 0) is 4.79 Å². The van der Waals surface area contributed by atoms with E-state index in [9.17, 15) is 4.79 Å². The van der Waals surface area contributed by atoms with Gasteiger partial charge in [0.25, 0.3) is 0 Å². The molecular formula is C15H24N2O3. The van der Waals surface area contributed by atoms with E-state index in [0.29, 0.717) is 31.2 Å². The van der Waals surface area contributed by atoms with Crippen LogP contribution >= 0.6 is 0 Å². The van der Waals surface area contributed by atoms with Crippen LogP contribution in [0, 0.1) is 0 Å². The highest BCUT2D eigenvalue weighted by molar-refractivity contribution is 5.78. The number of carbonyl (C=O) groups is 1. The van der Waals surface area contributed by atoms with E-state index in [2.05, 4.69) is 5.32 Å². The highest BCUT2D eigenvalue weighted by Gasteiger charge is 2.08. The molecule has 0 fully saturated rings. The second kappa shape index (κ2) is 9.20. The molecule has 0 aliphatic heterocycles. The monoisotopic (exact) mass is 280 g/mol. The molecule has 0 radical (unpaired) electrons. The molecule has 1 amide bonds. The number of nitrogens with one attached hydrogen (secondary N) is 1. The number of para-hydroxylation sites is 2. The molecule has 20 heavy (non-hydrogen) atoms. The summed E-state index contributed by atoms with van der Waals surface area (Å²) in [6, 6.07) is 7.51. The summed E-state index contributed by atoms with van der Waals surface area (Å²) >= 11 is 0. The van der Waals surface area contributed by atoms with Crippen molar-refractivity contribution in [2.75, 3.05) is 39.9 Å². The van der Waals surface area contributed by atoms with Gasteiger partial charge in [0.05, 0.1) is 13.7 Å². The third kappa shape index (κ3) is 5.09. The Kier molecular flexibility index (Phi) is 7.50. The molecule has 0 atom stereocenters. The first kappa shape index (κ1) is 16.3. The number of carbonyl (C=O) groups excluding carboxylic acids is 1. The van der Waals surface area contributed by atoms with Gasteiger partial charge in [-0.05, 0) is 26.0 Å². The number of likely N-dealkylation sites (N-methyl/N-ethyl adjacent to an activating group) is 1. The Morgan fingerprint density at radius 1 is 1.20 bits per heavy atom. The van der Waals surface area contributed by atoms with Gasteiger partial charge in [-0.25, -0.2) is 0 Å². The fourth-order valence-corrected chi connectivity index (χ4v) is 1.85. The number of hydrogen-bond donors (Lipinski definition) is 1. The van der Waals surface area contributed by atoms with Crippen molar-refractivity contribution < 1.29 is 14.3 Å². The predicted molar refractivity (Wildman–Crippen MR) is 79.3 cm³/mol. The Balaban J connectivity index is 2.24. The zero-order chi connectivity index (χ0) is 14.8. The van der Waals surface area contributed by atoms with Crippen LogP contribution in [0.1, 0.15) is 13.8 Å². The van der Waals surface area contributed by atoms with Crippen molar-refractivity contribution in [1.29, 1.82) is 0 Å². The first-order valence-electron chi connectivity index (χ1n) is 6.97. The Morgan fingerprint density at radius 2 is 1.85 bits per heavy atom. The summed E-state index contributed by atoms with van der Waals surface area (Å²) in [5, 5.41) is 3.08. The summed E-state index contributed by atoms with van der Waals surface area (Å²) in [7, 11) is 1.61. The SMILES string of the molecule is CCN(CC)C(=O)CNCCOc1ccccc1OC. The summed E-state index contributed by atoms with van der Waals surface area (Å²) in [4.78, 5) is 13.5. The number of nitrogens with zero attached hydrogens (tertiary/aromatic N) is 1. The van der Waals surface area contributed by atoms with Gasteiger partial charge in [0, 0.05) is 19.6 Å². The fourth-order valence-electron chi connectivity index (χ4n) is 1.85. The average molecular weight is 280 g/mol. The molecule has 0 unspecified atom stereocenters. The number of hydrogen-bond acceptors (Lipinski definition) is 4. The van der Waals surface area contributed by atoms with Gasteiger partial charge in [0.2, 0.25) is 5.91 Å². The molecule has 5 nitrogen and oxygen atoms in total. The van der Waals surface area contributed by atoms with E-state index >= 15 is 0 Å². The van der Waals surface area contributed by atoms with Gasteiger partial charge >= 0.3 is 0 Å². The van der Waals surface area contributed by atoms with E-state index in [1.807, 2.05) is 38.1 Å². The molecule has 112 valence electrons. The van der Waals surface area contributed by atoms with Crippen molar-refractivity contribution in [1.82, 2.24) is 10.2 Å². The molecule has 1 N–H and O–H groups in total. The largest absolute Gasteiger partial charge is 0.493 e. The molecule has 1 aromatic carbocycles. The van der Waals surface area contributed by atoms with Crippen LogP contribution in [0.2, 0.25) is 0 Å². The van der Waals surface area contributed by atoms with Crippen LogP contribution in [0.25, 0.3) is 0 Å². The minimum absolute atomic E-state index is 0.118. The van der Waals surface area contributed by atoms with Gasteiger partial charge in [-0.1, -0.05) is 12.1 Å². The highest BCUT2D eigenvalue weighted by atomic mass is 16.5. The van der Waals surface area contributed by atoms with Crippen LogP contribution in [0.4, 0.5) is 0 Å². The third-order valence-electron chi connectivity index (χ3n) is 3.00. The van der Waals surface area contributed by atoms with Gasteiger partial charge in [0.15, 0.2) is 11.5 Å². The average Bonchev–Trinajstić information content (AvgIpc) is 2.48. The van der Waals surface area contributed by atoms with Crippen LogP contribution in [0.5, 0.6) is 11.5 Å². The molecule has 0 saturated carbocycles. The van der Waals surface area contributed by atoms with Gasteiger partial charge in [-0.3, -0.25) is 4.79 Å². The minimum atomic E-state index is 0.118. The standard InChI is InChI=1S/C15H24N2O3/c1-4-17(5-2)15(18)12-16-10-11-20-14-9-7-6-8-13(14)19-3/h6-9,16H,4-5,10-12H2,1-3H3. The third-order valence-corrected chi connectivity index (χ3v) is 3.00. The molecule has 0 spiro atoms. The molecule has 0 heterocycles. The normalized spacial score (nSPS) is 10.2. The lowest BCUT2D eigenvalue weighted by Gasteiger charge is -2.18. The van der Waals surface area contributed by atoms with Crippen molar-refractivity contribution in [3.63, 3.8) is 0 Å². The number of methoxy groups -OCH3 is 1. The lowest BCUT2D eigenvalue weighted by Crippen LogP contribution is -2.39. The summed E-state index contributed by atoms with van der Waals surface area (Å²) in [5.74, 6) is 1.55. The van der Waals surface area contributed by atoms with E-state index in [1.54, 1.807) is 12.0 Å². The minimum Gasteiger partial charge on any atom is -0.493 e. The Morgan fingerprint density at radius 3 is 2.45 bits per heavy atom. The van der Waals surface area contributed by atoms with Crippen molar-refractivity contribution in [2.45, 2.75) is 13.8 Å². The fraction of sp³-hybridized carbons (Fsp3) is 0.533. The van der Waals surface area contributed by atoms with Crippen LogP contribution in [0.15, 0.2) is 24.3 Å². The first-order chi connectivity index (χ1) is 9.72. The van der Waals surface area contributed by atoms with Crippen molar-refractivity contribution in [3.05, 3.63) is 24.3 Å². The number of benzene rings is 1. The van der Waals surface area contributed by atoms with E-state index in [4.69, 9.17) is 9.47 Å². The number of ether oxygens (including phenoxy) is 2. The Labute approximate surface area is 120 Å². The molecule has 0 saturated heterocycles. The lowest BCUT2D eigenvalue weighted by molar-refractivity contribution is -0.129. The summed E-state index contributed by atoms with van der Waals surface area (Å²) in [6.45, 7) is 6.90. The van der Waals surface area contributed by atoms with Crippen molar-refractivity contribution in [3.8, 4) is 11.5 Å². The van der Waals surface area contributed by atoms with Gasteiger partial charge in [-0.2, -0.15) is 0 Å². The summed E-state index contributed by atoms with van der Waals surface area (Å²) in [6.07, 6.45) is 0. The van der Waals surface area contributed by atoms with E-state index in [0.717, 1.165) is 13.1 Å². The van der Waals surface area contributed by atoms with Gasteiger partial charge in [0.1, 0.15) is 6.61 Å². The van der Waals surface area contributed by atoms with Gasteiger partial charge in [-0.15, -0.1) is 0 Å². The predicted octanol–water partition coefficient (Wildman–Crippen LogP) is 1.53. The maximum absolute atomic E-state index is 11.7. The smallest absolute Gasteiger partial charge is 0.236 e. The first-order valence-corrected chi connectivity index (χ1v) is 6.97. The quantitative estimate of drug-likeness (QED) is 0.697. The van der Waals surface area contributed by atoms with Crippen LogP contribution in [0.3, 0.4) is 0 Å². The molecule has 0 aliphatic rings. The van der Waals surface area contributed by atoms with E-state index < -0.39 is 0 Å². The van der Waals surface area contributed by atoms with Crippen molar-refractivity contribution >= 4 is 5.91 Å². The summed E-state index contributed by atoms with van der Waals surface area (Å²) in [5.41, 5.74) is 0. The van der Waals surface area contributed by atoms with Crippen LogP contribution in [-0.4, -0.2) is 50.7 Å². The Hall–Kier alpha value is -1.75. The second-order valence-corrected chi connectivity index (χ2v) is 4.24. The maximum Gasteiger partial charge on any atom is 0.236 e. The lowest BCUT2D eigenvalue weighted by atomic mass is 10.3. The molecule has 1 rings (SSSR count). The molecule has 5 heteroatoms. The Bertz CT molecular complexity index is 406. The molecular weight excluding hydrogens is 256 g/mol. The second-order valence-electron chi connectivity index (χ2n) is 4.24. The van der Waals surface area contributed by atoms with Crippen molar-refractivity contribution in [2.24, 2.45) is 0 Å². The highest BCUT2D eigenvalue weighted by Crippen LogP contribution is 2.25. The van der Waals surface area contributed by atoms with E-state index in [-0.39, 0.29) is 5.91 Å². The zero-order valence-electron chi connectivity index (χ0n) is 12.5. The van der Waals surface area contributed by atoms with Crippen LogP contribution < -0.4 is 14.8 Å². The summed E-state index contributed by atoms with van der Waals surface area (Å²) < 4.78 is 10.8. The maximum atomic E-state index is 11.7. The molecule has 0 aliphatic carbocycles. The number of rotatable bonds is 9. The zero-order valence-corrected chi connectivity index (χ0v) is 12.5. The van der Waals surface area contributed by atoms with Gasteiger partial charge < -0.3 is 19.7 Å². The number of amides is 1. The molecule has 0 aromatic heterocycles. The molecule has 1 aromatic rings. The van der Waals surface area contributed by atoms with E-state index in [1.165, 1.54) is 0 Å². The topological polar surface area (TPSA) is 50.8 Å². The molecule has 0 bridgehead atoms.